The van der Waals surface area contributed by atoms with Gasteiger partial charge >= 0.3 is 0 Å². The largest absolute Gasteiger partial charge is 0.0888 e. The van der Waals surface area contributed by atoms with Crippen molar-refractivity contribution in [2.24, 2.45) is 17.8 Å². The zero-order chi connectivity index (χ0) is 7.84. The number of halogens is 1. The monoisotopic (exact) mass is 216 g/mol. The summed E-state index contributed by atoms with van der Waals surface area (Å²) in [6, 6.07) is 0. The van der Waals surface area contributed by atoms with E-state index in [9.17, 15) is 0 Å². The molecule has 0 saturated heterocycles. The van der Waals surface area contributed by atoms with Gasteiger partial charge in [0.15, 0.2) is 0 Å². The molecule has 2 aliphatic rings. The average Bonchev–Trinajstić information content (AvgIpc) is 2.80. The molecule has 2 saturated carbocycles. The van der Waals surface area contributed by atoms with Gasteiger partial charge in [-0.2, -0.15) is 0 Å². The molecular formula is C10H17Br. The molecule has 0 aromatic rings. The average molecular weight is 217 g/mol. The molecule has 4 atom stereocenters. The topological polar surface area (TPSA) is 0 Å². The minimum atomic E-state index is 0.817. The zero-order valence-electron chi connectivity index (χ0n) is 7.22. The van der Waals surface area contributed by atoms with Crippen molar-refractivity contribution in [3.8, 4) is 0 Å². The van der Waals surface area contributed by atoms with E-state index in [-0.39, 0.29) is 0 Å². The maximum absolute atomic E-state index is 3.81. The van der Waals surface area contributed by atoms with Crippen molar-refractivity contribution >= 4 is 15.9 Å². The number of alkyl halides is 1. The standard InChI is InChI=1S/C10H17Br/c1-2-10(11)8-5-3-4-7-6-9(7)8/h7-10H,2-6H2,1H3. The van der Waals surface area contributed by atoms with Gasteiger partial charge in [0.25, 0.3) is 0 Å². The van der Waals surface area contributed by atoms with Crippen LogP contribution < -0.4 is 0 Å². The van der Waals surface area contributed by atoms with Crippen LogP contribution in [-0.4, -0.2) is 4.83 Å². The molecule has 0 amide bonds. The van der Waals surface area contributed by atoms with Gasteiger partial charge in [-0.3, -0.25) is 0 Å². The lowest BCUT2D eigenvalue weighted by atomic mass is 9.86. The predicted octanol–water partition coefficient (Wildman–Crippen LogP) is 3.60. The lowest BCUT2D eigenvalue weighted by Crippen LogP contribution is -2.19. The molecule has 4 unspecified atom stereocenters. The second-order valence-corrected chi connectivity index (χ2v) is 5.35. The summed E-state index contributed by atoms with van der Waals surface area (Å²) in [5, 5.41) is 0. The van der Waals surface area contributed by atoms with Gasteiger partial charge in [0.1, 0.15) is 0 Å². The summed E-state index contributed by atoms with van der Waals surface area (Å²) in [4.78, 5) is 0.817. The Morgan fingerprint density at radius 3 is 3.00 bits per heavy atom. The van der Waals surface area contributed by atoms with Gasteiger partial charge in [0, 0.05) is 4.83 Å². The molecule has 0 radical (unpaired) electrons. The smallest absolute Gasteiger partial charge is 0.0174 e. The molecule has 11 heavy (non-hydrogen) atoms. The fraction of sp³-hybridized carbons (Fsp3) is 1.00. The first kappa shape index (κ1) is 8.10. The Balaban J connectivity index is 1.92. The summed E-state index contributed by atoms with van der Waals surface area (Å²) in [5.41, 5.74) is 0. The summed E-state index contributed by atoms with van der Waals surface area (Å²) in [6.07, 6.45) is 7.38. The second-order valence-electron chi connectivity index (χ2n) is 4.18. The normalized spacial score (nSPS) is 44.7. The Morgan fingerprint density at radius 2 is 2.27 bits per heavy atom. The molecule has 0 aliphatic heterocycles. The summed E-state index contributed by atoms with van der Waals surface area (Å²) in [6.45, 7) is 2.30. The summed E-state index contributed by atoms with van der Waals surface area (Å²) in [7, 11) is 0. The maximum Gasteiger partial charge on any atom is 0.0174 e. The van der Waals surface area contributed by atoms with E-state index in [1.54, 1.807) is 6.42 Å². The van der Waals surface area contributed by atoms with E-state index in [2.05, 4.69) is 22.9 Å². The van der Waals surface area contributed by atoms with Crippen molar-refractivity contribution in [2.75, 3.05) is 0 Å². The van der Waals surface area contributed by atoms with Gasteiger partial charge in [-0.05, 0) is 37.0 Å². The lowest BCUT2D eigenvalue weighted by molar-refractivity contribution is 0.326. The van der Waals surface area contributed by atoms with E-state index >= 15 is 0 Å². The highest BCUT2D eigenvalue weighted by Crippen LogP contribution is 2.55. The van der Waals surface area contributed by atoms with E-state index in [4.69, 9.17) is 0 Å². The van der Waals surface area contributed by atoms with Gasteiger partial charge in [-0.1, -0.05) is 35.7 Å². The van der Waals surface area contributed by atoms with E-state index in [0.717, 1.165) is 22.6 Å². The molecule has 0 bridgehead atoms. The maximum atomic E-state index is 3.81. The third-order valence-electron chi connectivity index (χ3n) is 3.49. The fourth-order valence-corrected chi connectivity index (χ4v) is 3.37. The predicted molar refractivity (Wildman–Crippen MR) is 51.9 cm³/mol. The first-order chi connectivity index (χ1) is 5.33. The fourth-order valence-electron chi connectivity index (χ4n) is 2.71. The molecule has 0 N–H and O–H groups in total. The quantitative estimate of drug-likeness (QED) is 0.620. The van der Waals surface area contributed by atoms with Gasteiger partial charge in [-0.25, -0.2) is 0 Å². The van der Waals surface area contributed by atoms with Crippen LogP contribution in [-0.2, 0) is 0 Å². The second kappa shape index (κ2) is 3.08. The number of hydrogen-bond acceptors (Lipinski definition) is 0. The summed E-state index contributed by atoms with van der Waals surface area (Å²) >= 11 is 3.81. The van der Waals surface area contributed by atoms with Crippen molar-refractivity contribution in [3.05, 3.63) is 0 Å². The van der Waals surface area contributed by atoms with Crippen molar-refractivity contribution in [1.82, 2.24) is 0 Å². The van der Waals surface area contributed by atoms with E-state index in [1.807, 2.05) is 0 Å². The van der Waals surface area contributed by atoms with Crippen LogP contribution in [0.2, 0.25) is 0 Å². The SMILES string of the molecule is CCC(Br)C1CCCC2CC21. The highest BCUT2D eigenvalue weighted by atomic mass is 79.9. The van der Waals surface area contributed by atoms with E-state index in [0.29, 0.717) is 0 Å². The molecule has 2 aliphatic carbocycles. The zero-order valence-corrected chi connectivity index (χ0v) is 8.81. The van der Waals surface area contributed by atoms with Crippen LogP contribution in [0.25, 0.3) is 0 Å². The first-order valence-corrected chi connectivity index (χ1v) is 5.88. The minimum Gasteiger partial charge on any atom is -0.0888 e. The highest BCUT2D eigenvalue weighted by Gasteiger charge is 2.46. The Hall–Kier alpha value is 0.480. The van der Waals surface area contributed by atoms with Crippen LogP contribution >= 0.6 is 15.9 Å². The first-order valence-electron chi connectivity index (χ1n) is 4.97. The Kier molecular flexibility index (Phi) is 2.27. The molecule has 2 rings (SSSR count). The Labute approximate surface area is 77.9 Å². The molecule has 0 aromatic heterocycles. The van der Waals surface area contributed by atoms with Crippen molar-refractivity contribution in [2.45, 2.75) is 43.9 Å². The van der Waals surface area contributed by atoms with Crippen LogP contribution in [0.3, 0.4) is 0 Å². The summed E-state index contributed by atoms with van der Waals surface area (Å²) in [5.74, 6) is 3.28. The lowest BCUT2D eigenvalue weighted by Gasteiger charge is -2.25. The number of rotatable bonds is 2. The minimum absolute atomic E-state index is 0.817. The number of hydrogen-bond donors (Lipinski definition) is 0. The van der Waals surface area contributed by atoms with Crippen molar-refractivity contribution < 1.29 is 0 Å². The number of fused-ring (bicyclic) bond motifs is 1. The van der Waals surface area contributed by atoms with Crippen LogP contribution in [0, 0.1) is 17.8 Å². The van der Waals surface area contributed by atoms with Crippen molar-refractivity contribution in [1.29, 1.82) is 0 Å². The van der Waals surface area contributed by atoms with Crippen LogP contribution in [0.5, 0.6) is 0 Å². The molecule has 0 nitrogen and oxygen atoms in total. The molecule has 0 aromatic carbocycles. The summed E-state index contributed by atoms with van der Waals surface area (Å²) < 4.78 is 0. The Morgan fingerprint density at radius 1 is 1.45 bits per heavy atom. The molecule has 0 spiro atoms. The van der Waals surface area contributed by atoms with Crippen LogP contribution in [0.15, 0.2) is 0 Å². The Bertz CT molecular complexity index is 142. The molecular weight excluding hydrogens is 200 g/mol. The van der Waals surface area contributed by atoms with E-state index in [1.165, 1.54) is 25.7 Å². The third-order valence-corrected chi connectivity index (χ3v) is 4.82. The molecule has 64 valence electrons. The third kappa shape index (κ3) is 1.49. The van der Waals surface area contributed by atoms with Gasteiger partial charge in [-0.15, -0.1) is 0 Å². The van der Waals surface area contributed by atoms with Crippen LogP contribution in [0.4, 0.5) is 0 Å². The molecule has 1 heteroatoms. The van der Waals surface area contributed by atoms with Gasteiger partial charge < -0.3 is 0 Å². The van der Waals surface area contributed by atoms with Gasteiger partial charge in [0.05, 0.1) is 0 Å². The van der Waals surface area contributed by atoms with Gasteiger partial charge in [0.2, 0.25) is 0 Å². The van der Waals surface area contributed by atoms with Crippen molar-refractivity contribution in [3.63, 3.8) is 0 Å². The molecule has 0 heterocycles. The molecule has 2 fully saturated rings. The van der Waals surface area contributed by atoms with Crippen LogP contribution in [0.1, 0.15) is 39.0 Å². The van der Waals surface area contributed by atoms with E-state index < -0.39 is 0 Å². The highest BCUT2D eigenvalue weighted by molar-refractivity contribution is 9.09.